The van der Waals surface area contributed by atoms with E-state index < -0.39 is 42.3 Å². The van der Waals surface area contributed by atoms with Gasteiger partial charge in [-0.2, -0.15) is 5.06 Å². The molecular weight excluding hydrogens is 700 g/mol. The van der Waals surface area contributed by atoms with Crippen molar-refractivity contribution >= 4 is 23.8 Å². The second kappa shape index (κ2) is 18.0. The molecule has 4 atom stereocenters. The largest absolute Gasteiger partial charge is 0.508 e. The number of phenols is 2. The molecule has 55 heavy (non-hydrogen) atoms. The summed E-state index contributed by atoms with van der Waals surface area (Å²) in [5, 5.41) is 23.9. The predicted molar refractivity (Wildman–Crippen MR) is 204 cm³/mol. The molecule has 2 saturated heterocycles. The second-order valence-electron chi connectivity index (χ2n) is 14.4. The number of hydrogen-bond acceptors (Lipinski definition) is 8. The lowest BCUT2D eigenvalue weighted by Crippen LogP contribution is -2.75. The number of hydrogen-bond donors (Lipinski definition) is 3. The number of amides is 4. The topological polar surface area (TPSA) is 149 Å². The van der Waals surface area contributed by atoms with Gasteiger partial charge in [-0.05, 0) is 65.3 Å². The Morgan fingerprint density at radius 2 is 1.33 bits per heavy atom. The fourth-order valence-corrected chi connectivity index (χ4v) is 7.11. The first-order chi connectivity index (χ1) is 26.6. The van der Waals surface area contributed by atoms with Crippen molar-refractivity contribution in [2.45, 2.75) is 70.3 Å². The van der Waals surface area contributed by atoms with Crippen molar-refractivity contribution in [1.29, 1.82) is 0 Å². The first-order valence-electron chi connectivity index (χ1n) is 18.7. The number of rotatable bonds is 14. The molecule has 12 heteroatoms. The number of nitrogens with one attached hydrogen (secondary N) is 1. The third-order valence-electron chi connectivity index (χ3n) is 9.92. The van der Waals surface area contributed by atoms with Gasteiger partial charge in [0.1, 0.15) is 23.6 Å². The molecule has 2 fully saturated rings. The van der Waals surface area contributed by atoms with E-state index in [2.05, 4.69) is 5.32 Å². The summed E-state index contributed by atoms with van der Waals surface area (Å²) in [5.74, 6) is -1.16. The van der Waals surface area contributed by atoms with E-state index in [1.165, 1.54) is 34.1 Å². The van der Waals surface area contributed by atoms with Crippen molar-refractivity contribution in [3.05, 3.63) is 131 Å². The van der Waals surface area contributed by atoms with Crippen LogP contribution in [0.1, 0.15) is 42.5 Å². The van der Waals surface area contributed by atoms with Crippen molar-refractivity contribution in [1.82, 2.24) is 20.2 Å². The van der Waals surface area contributed by atoms with E-state index in [4.69, 9.17) is 9.57 Å². The zero-order valence-corrected chi connectivity index (χ0v) is 31.1. The molecule has 2 aliphatic rings. The maximum Gasteiger partial charge on any atom is 0.436 e. The molecule has 6 rings (SSSR count). The molecule has 2 aliphatic heterocycles. The Bertz CT molecular complexity index is 1910. The first-order valence-corrected chi connectivity index (χ1v) is 18.7. The summed E-state index contributed by atoms with van der Waals surface area (Å²) in [6, 6.07) is 29.9. The maximum absolute atomic E-state index is 14.8. The van der Waals surface area contributed by atoms with Crippen molar-refractivity contribution in [3.8, 4) is 11.5 Å². The molecule has 4 aromatic rings. The molecule has 1 unspecified atom stereocenters. The molecule has 0 radical (unpaired) electrons. The van der Waals surface area contributed by atoms with Gasteiger partial charge in [-0.25, -0.2) is 4.79 Å². The highest BCUT2D eigenvalue weighted by Gasteiger charge is 2.55. The fraction of sp³-hybridized carbons (Fsp3) is 0.349. The third kappa shape index (κ3) is 9.81. The molecule has 4 amide bonds. The highest BCUT2D eigenvalue weighted by Crippen LogP contribution is 2.33. The number of carbonyl (C=O) groups excluding carboxylic acids is 4. The Kier molecular flexibility index (Phi) is 12.7. The van der Waals surface area contributed by atoms with Gasteiger partial charge in [0, 0.05) is 25.8 Å². The molecule has 288 valence electrons. The normalized spacial score (nSPS) is 18.9. The van der Waals surface area contributed by atoms with Gasteiger partial charge in [0.2, 0.25) is 11.8 Å². The summed E-state index contributed by atoms with van der Waals surface area (Å²) in [6.07, 6.45) is -1.71. The van der Waals surface area contributed by atoms with Crippen LogP contribution < -0.4 is 5.32 Å². The zero-order valence-electron chi connectivity index (χ0n) is 31.1. The van der Waals surface area contributed by atoms with E-state index in [1.807, 2.05) is 74.5 Å². The lowest BCUT2D eigenvalue weighted by Gasteiger charge is -2.53. The molecule has 3 N–H and O–H groups in total. The molecule has 0 aromatic heterocycles. The number of carbonyl (C=O) groups is 4. The quantitative estimate of drug-likeness (QED) is 0.163. The number of phenolic OH excluding ortho intramolecular Hbond substituents is 2. The molecule has 0 saturated carbocycles. The van der Waals surface area contributed by atoms with Gasteiger partial charge in [0.15, 0.2) is 12.3 Å². The number of fused-ring (bicyclic) bond motifs is 1. The standard InChI is InChI=1S/C43H48N4O8/c1-29(2)25-36(40(50)44-23-21-30-9-5-3-6-10-30)45-28-39-46(37(41(45)51)26-32-13-17-34(48)18-14-32)42(52)38(27-33-15-19-35(49)20-16-33)55-47(39)43(53)54-24-22-31-11-7-4-8-12-31/h3-20,29,36-39,48-49H,21-28H2,1-2H3,(H,44,50)/t36-,37-,38+,39?/m0/s1. The van der Waals surface area contributed by atoms with Crippen LogP contribution in [-0.4, -0.2) is 92.9 Å². The van der Waals surface area contributed by atoms with Crippen LogP contribution in [-0.2, 0) is 49.6 Å². The van der Waals surface area contributed by atoms with Crippen molar-refractivity contribution < 1.29 is 39.0 Å². The monoisotopic (exact) mass is 748 g/mol. The van der Waals surface area contributed by atoms with Crippen molar-refractivity contribution in [2.75, 3.05) is 19.7 Å². The minimum absolute atomic E-state index is 0.0178. The average Bonchev–Trinajstić information content (AvgIpc) is 3.18. The first kappa shape index (κ1) is 38.8. The number of benzene rings is 4. The molecule has 4 aromatic carbocycles. The second-order valence-corrected chi connectivity index (χ2v) is 14.4. The summed E-state index contributed by atoms with van der Waals surface area (Å²) in [7, 11) is 0. The van der Waals surface area contributed by atoms with Gasteiger partial charge in [-0.3, -0.25) is 19.2 Å². The third-order valence-corrected chi connectivity index (χ3v) is 9.92. The Labute approximate surface area is 321 Å². The molecule has 12 nitrogen and oxygen atoms in total. The maximum atomic E-state index is 14.8. The van der Waals surface area contributed by atoms with Crippen LogP contribution >= 0.6 is 0 Å². The molecular formula is C43H48N4O8. The van der Waals surface area contributed by atoms with Crippen LogP contribution in [0.4, 0.5) is 4.79 Å². The number of hydroxylamine groups is 2. The Balaban J connectivity index is 1.33. The summed E-state index contributed by atoms with van der Waals surface area (Å²) in [6.45, 7) is 4.13. The van der Waals surface area contributed by atoms with Gasteiger partial charge < -0.3 is 30.1 Å². The summed E-state index contributed by atoms with van der Waals surface area (Å²) < 4.78 is 5.76. The highest BCUT2D eigenvalue weighted by molar-refractivity contribution is 5.95. The molecule has 0 spiro atoms. The Morgan fingerprint density at radius 3 is 1.91 bits per heavy atom. The predicted octanol–water partition coefficient (Wildman–Crippen LogP) is 5.02. The minimum Gasteiger partial charge on any atom is -0.508 e. The fourth-order valence-electron chi connectivity index (χ4n) is 7.11. The highest BCUT2D eigenvalue weighted by atomic mass is 16.7. The van der Waals surface area contributed by atoms with E-state index in [0.717, 1.165) is 16.2 Å². The summed E-state index contributed by atoms with van der Waals surface area (Å²) in [4.78, 5) is 66.6. The van der Waals surface area contributed by atoms with Crippen molar-refractivity contribution in [3.63, 3.8) is 0 Å². The van der Waals surface area contributed by atoms with Crippen LogP contribution in [0.25, 0.3) is 0 Å². The van der Waals surface area contributed by atoms with Crippen LogP contribution in [0.3, 0.4) is 0 Å². The Morgan fingerprint density at radius 1 is 0.764 bits per heavy atom. The van der Waals surface area contributed by atoms with E-state index in [1.54, 1.807) is 24.3 Å². The van der Waals surface area contributed by atoms with Gasteiger partial charge in [-0.1, -0.05) is 98.8 Å². The van der Waals surface area contributed by atoms with Crippen LogP contribution in [0.5, 0.6) is 11.5 Å². The van der Waals surface area contributed by atoms with Gasteiger partial charge in [0.05, 0.1) is 13.2 Å². The Hall–Kier alpha value is -5.88. The van der Waals surface area contributed by atoms with Crippen molar-refractivity contribution in [2.24, 2.45) is 5.92 Å². The lowest BCUT2D eigenvalue weighted by molar-refractivity contribution is -0.267. The van der Waals surface area contributed by atoms with Crippen LogP contribution in [0.2, 0.25) is 0 Å². The van der Waals surface area contributed by atoms with Gasteiger partial charge >= 0.3 is 6.09 Å². The minimum atomic E-state index is -1.21. The van der Waals surface area contributed by atoms with Gasteiger partial charge in [0.25, 0.3) is 5.91 Å². The van der Waals surface area contributed by atoms with E-state index in [-0.39, 0.29) is 49.3 Å². The molecule has 0 bridgehead atoms. The number of ether oxygens (including phenoxy) is 1. The van der Waals surface area contributed by atoms with Gasteiger partial charge in [-0.15, -0.1) is 0 Å². The van der Waals surface area contributed by atoms with E-state index in [0.29, 0.717) is 36.9 Å². The van der Waals surface area contributed by atoms with E-state index >= 15 is 0 Å². The molecule has 2 heterocycles. The molecule has 0 aliphatic carbocycles. The average molecular weight is 749 g/mol. The summed E-state index contributed by atoms with van der Waals surface area (Å²) >= 11 is 0. The number of aromatic hydroxyl groups is 2. The van der Waals surface area contributed by atoms with E-state index in [9.17, 15) is 29.4 Å². The number of piperazine rings is 1. The lowest BCUT2D eigenvalue weighted by atomic mass is 9.94. The summed E-state index contributed by atoms with van der Waals surface area (Å²) in [5.41, 5.74) is 3.35. The SMILES string of the molecule is CC(C)C[C@@H](C(=O)NCCc1ccccc1)N1CC2N(C(=O)OCCc3ccccc3)O[C@H](Cc3ccc(O)cc3)C(=O)N2[C@@H](Cc2ccc(O)cc2)C1=O. The van der Waals surface area contributed by atoms with Crippen LogP contribution in [0, 0.1) is 5.92 Å². The zero-order chi connectivity index (χ0) is 38.9. The van der Waals surface area contributed by atoms with Crippen LogP contribution in [0.15, 0.2) is 109 Å². The smallest absolute Gasteiger partial charge is 0.436 e. The number of nitrogens with zero attached hydrogens (tertiary/aromatic N) is 3.